The zero-order chi connectivity index (χ0) is 32.5. The van der Waals surface area contributed by atoms with Crippen LogP contribution >= 0.6 is 0 Å². The van der Waals surface area contributed by atoms with Crippen molar-refractivity contribution in [3.63, 3.8) is 0 Å². The van der Waals surface area contributed by atoms with Crippen LogP contribution in [-0.2, 0) is 25.5 Å². The molecular weight excluding hydrogens is 548 g/mol. The molecule has 3 aromatic rings. The number of hydrogen-bond donors (Lipinski definition) is 2. The number of benzene rings is 3. The molecule has 2 amide bonds. The van der Waals surface area contributed by atoms with Crippen molar-refractivity contribution in [3.05, 3.63) is 95.6 Å². The maximum atomic E-state index is 13.8. The summed E-state index contributed by atoms with van der Waals surface area (Å²) in [5, 5.41) is 6.07. The molecule has 3 aromatic carbocycles. The summed E-state index contributed by atoms with van der Waals surface area (Å²) in [4.78, 5) is 40.1. The van der Waals surface area contributed by atoms with Gasteiger partial charge >= 0.3 is 5.97 Å². The van der Waals surface area contributed by atoms with E-state index in [4.69, 9.17) is 4.74 Å². The Morgan fingerprint density at radius 2 is 1.41 bits per heavy atom. The Balaban J connectivity index is 1.72. The second-order valence-corrected chi connectivity index (χ2v) is 13.8. The van der Waals surface area contributed by atoms with E-state index >= 15 is 0 Å². The zero-order valence-corrected chi connectivity index (χ0v) is 27.7. The van der Waals surface area contributed by atoms with Crippen LogP contribution < -0.4 is 10.6 Å². The van der Waals surface area contributed by atoms with Gasteiger partial charge in [-0.05, 0) is 87.1 Å². The molecule has 3 rings (SSSR count). The third-order valence-corrected chi connectivity index (χ3v) is 7.67. The van der Waals surface area contributed by atoms with Gasteiger partial charge in [-0.3, -0.25) is 14.4 Å². The van der Waals surface area contributed by atoms with Crippen LogP contribution in [0.5, 0.6) is 0 Å². The van der Waals surface area contributed by atoms with E-state index in [1.807, 2.05) is 97.0 Å². The van der Waals surface area contributed by atoms with E-state index in [2.05, 4.69) is 47.9 Å². The third kappa shape index (κ3) is 10.7. The van der Waals surface area contributed by atoms with Crippen molar-refractivity contribution in [2.24, 2.45) is 11.3 Å². The highest BCUT2D eigenvalue weighted by Gasteiger charge is 2.36. The average Bonchev–Trinajstić information content (AvgIpc) is 2.94. The second kappa shape index (κ2) is 15.2. The number of carbonyl (C=O) groups is 3. The van der Waals surface area contributed by atoms with E-state index in [-0.39, 0.29) is 24.3 Å². The monoisotopic (exact) mass is 598 g/mol. The van der Waals surface area contributed by atoms with Crippen LogP contribution in [0.2, 0.25) is 0 Å². The summed E-state index contributed by atoms with van der Waals surface area (Å²) in [5.74, 6) is -1.62. The molecule has 0 aromatic heterocycles. The Hall–Kier alpha value is -3.93. The van der Waals surface area contributed by atoms with Gasteiger partial charge in [-0.2, -0.15) is 0 Å². The lowest BCUT2D eigenvalue weighted by molar-refractivity contribution is -0.157. The number of aryl methyl sites for hydroxylation is 2. The Labute approximate surface area is 264 Å². The van der Waals surface area contributed by atoms with Gasteiger partial charge in [0.1, 0.15) is 11.6 Å². The molecule has 6 nitrogen and oxygen atoms in total. The standard InChI is InChI=1S/C38H50N2O4/c1-26-24-28(22-23-32(26)30-19-13-10-14-20-30)16-15-21-31(25-33(41)44-38(6,7)8)35(42)40-34(37(3,4)5)36(43)39-27(2)29-17-11-9-12-18-29/h9-14,17-20,22-24,27,31,34H,15-16,21,25H2,1-8H3,(H,39,43)(H,40,42)/t27-,31-,34-/m1/s1. The summed E-state index contributed by atoms with van der Waals surface area (Å²) < 4.78 is 5.58. The molecule has 0 heterocycles. The summed E-state index contributed by atoms with van der Waals surface area (Å²) in [6.07, 6.45) is 1.92. The fourth-order valence-electron chi connectivity index (χ4n) is 5.34. The second-order valence-electron chi connectivity index (χ2n) is 13.8. The van der Waals surface area contributed by atoms with Gasteiger partial charge in [-0.1, -0.05) is 99.6 Å². The van der Waals surface area contributed by atoms with Crippen molar-refractivity contribution in [2.45, 2.75) is 98.8 Å². The molecule has 0 aliphatic rings. The largest absolute Gasteiger partial charge is 0.460 e. The first-order chi connectivity index (χ1) is 20.6. The highest BCUT2D eigenvalue weighted by molar-refractivity contribution is 5.90. The summed E-state index contributed by atoms with van der Waals surface area (Å²) in [6.45, 7) is 15.3. The van der Waals surface area contributed by atoms with Crippen molar-refractivity contribution >= 4 is 17.8 Å². The maximum absolute atomic E-state index is 13.8. The molecular formula is C38H50N2O4. The summed E-state index contributed by atoms with van der Waals surface area (Å²) in [7, 11) is 0. The Bertz CT molecular complexity index is 1390. The van der Waals surface area contributed by atoms with Gasteiger partial charge in [-0.15, -0.1) is 0 Å². The molecule has 0 radical (unpaired) electrons. The topological polar surface area (TPSA) is 84.5 Å². The first-order valence-corrected chi connectivity index (χ1v) is 15.7. The predicted octanol–water partition coefficient (Wildman–Crippen LogP) is 7.74. The quantitative estimate of drug-likeness (QED) is 0.209. The Kier molecular flexibility index (Phi) is 11.9. The fraction of sp³-hybridized carbons (Fsp3) is 0.447. The minimum atomic E-state index is -0.782. The maximum Gasteiger partial charge on any atom is 0.307 e. The highest BCUT2D eigenvalue weighted by atomic mass is 16.6. The van der Waals surface area contributed by atoms with Gasteiger partial charge in [0.2, 0.25) is 11.8 Å². The van der Waals surface area contributed by atoms with Gasteiger partial charge in [0.15, 0.2) is 0 Å². The molecule has 6 heteroatoms. The van der Waals surface area contributed by atoms with Crippen molar-refractivity contribution in [3.8, 4) is 11.1 Å². The van der Waals surface area contributed by atoms with E-state index in [9.17, 15) is 14.4 Å². The van der Waals surface area contributed by atoms with Crippen LogP contribution in [0.15, 0.2) is 78.9 Å². The molecule has 0 saturated heterocycles. The lowest BCUT2D eigenvalue weighted by atomic mass is 9.85. The van der Waals surface area contributed by atoms with Crippen LogP contribution in [0.3, 0.4) is 0 Å². The van der Waals surface area contributed by atoms with E-state index < -0.39 is 28.9 Å². The van der Waals surface area contributed by atoms with E-state index in [1.165, 1.54) is 22.3 Å². The van der Waals surface area contributed by atoms with Gasteiger partial charge in [-0.25, -0.2) is 0 Å². The molecule has 0 bridgehead atoms. The number of hydrogen-bond acceptors (Lipinski definition) is 4. The lowest BCUT2D eigenvalue weighted by Crippen LogP contribution is -2.55. The fourth-order valence-corrected chi connectivity index (χ4v) is 5.34. The van der Waals surface area contributed by atoms with Gasteiger partial charge in [0, 0.05) is 5.92 Å². The SMILES string of the molecule is Cc1cc(CCC[C@H](CC(=O)OC(C)(C)C)C(=O)N[C@H](C(=O)N[C@H](C)c2ccccc2)C(C)(C)C)ccc1-c1ccccc1. The number of carbonyl (C=O) groups excluding carboxylic acids is 3. The summed E-state index contributed by atoms with van der Waals surface area (Å²) >= 11 is 0. The Morgan fingerprint density at radius 3 is 1.98 bits per heavy atom. The van der Waals surface area contributed by atoms with Crippen LogP contribution in [0.25, 0.3) is 11.1 Å². The van der Waals surface area contributed by atoms with E-state index in [0.717, 1.165) is 12.0 Å². The normalized spacial score (nSPS) is 13.8. The number of ether oxygens (including phenoxy) is 1. The van der Waals surface area contributed by atoms with Gasteiger partial charge < -0.3 is 15.4 Å². The van der Waals surface area contributed by atoms with Crippen molar-refractivity contribution in [1.82, 2.24) is 10.6 Å². The minimum absolute atomic E-state index is 0.0476. The van der Waals surface area contributed by atoms with Gasteiger partial charge in [0.05, 0.1) is 12.5 Å². The van der Waals surface area contributed by atoms with Crippen molar-refractivity contribution in [2.75, 3.05) is 0 Å². The molecule has 0 spiro atoms. The minimum Gasteiger partial charge on any atom is -0.460 e. The first-order valence-electron chi connectivity index (χ1n) is 15.7. The molecule has 44 heavy (non-hydrogen) atoms. The van der Waals surface area contributed by atoms with Crippen LogP contribution in [0.4, 0.5) is 0 Å². The molecule has 2 N–H and O–H groups in total. The molecule has 0 aliphatic carbocycles. The highest BCUT2D eigenvalue weighted by Crippen LogP contribution is 2.26. The van der Waals surface area contributed by atoms with Crippen molar-refractivity contribution < 1.29 is 19.1 Å². The number of esters is 1. The molecule has 0 saturated carbocycles. The average molecular weight is 599 g/mol. The Morgan fingerprint density at radius 1 is 0.795 bits per heavy atom. The zero-order valence-electron chi connectivity index (χ0n) is 27.7. The van der Waals surface area contributed by atoms with Crippen LogP contribution in [0, 0.1) is 18.3 Å². The van der Waals surface area contributed by atoms with Crippen molar-refractivity contribution in [1.29, 1.82) is 0 Å². The first kappa shape index (κ1) is 34.6. The number of rotatable bonds is 12. The van der Waals surface area contributed by atoms with Crippen LogP contribution in [0.1, 0.15) is 90.5 Å². The van der Waals surface area contributed by atoms with E-state index in [1.54, 1.807) is 0 Å². The molecule has 3 atom stereocenters. The third-order valence-electron chi connectivity index (χ3n) is 7.67. The molecule has 0 fully saturated rings. The summed E-state index contributed by atoms with van der Waals surface area (Å²) in [6, 6.07) is 25.5. The van der Waals surface area contributed by atoms with E-state index in [0.29, 0.717) is 12.8 Å². The molecule has 236 valence electrons. The van der Waals surface area contributed by atoms with Crippen LogP contribution in [-0.4, -0.2) is 29.4 Å². The lowest BCUT2D eigenvalue weighted by Gasteiger charge is -2.33. The molecule has 0 unspecified atom stereocenters. The van der Waals surface area contributed by atoms with Gasteiger partial charge in [0.25, 0.3) is 0 Å². The predicted molar refractivity (Wildman–Crippen MR) is 178 cm³/mol. The summed E-state index contributed by atoms with van der Waals surface area (Å²) in [5.41, 5.74) is 4.53. The number of amides is 2. The molecule has 0 aliphatic heterocycles. The smallest absolute Gasteiger partial charge is 0.307 e. The number of nitrogens with one attached hydrogen (secondary N) is 2.